The summed E-state index contributed by atoms with van der Waals surface area (Å²) in [4.78, 5) is 9.78. The third-order valence-electron chi connectivity index (χ3n) is 3.42. The Morgan fingerprint density at radius 1 is 1.29 bits per heavy atom. The molecule has 0 aliphatic rings. The highest BCUT2D eigenvalue weighted by atomic mass is 32.1. The molecule has 0 aromatic carbocycles. The predicted octanol–water partition coefficient (Wildman–Crippen LogP) is 2.60. The number of aryl methyl sites for hydroxylation is 3. The minimum Gasteiger partial charge on any atom is -0.564 e. The lowest BCUT2D eigenvalue weighted by atomic mass is 10.1. The van der Waals surface area contributed by atoms with E-state index in [2.05, 4.69) is 16.0 Å². The Kier molecular flexibility index (Phi) is 4.19. The van der Waals surface area contributed by atoms with Crippen molar-refractivity contribution >= 4 is 30.7 Å². The van der Waals surface area contributed by atoms with Gasteiger partial charge in [-0.25, -0.2) is 9.97 Å². The number of hydrogen-bond acceptors (Lipinski definition) is 5. The quantitative estimate of drug-likeness (QED) is 0.496. The molecular formula is C14H15BN4OS. The molecule has 2 radical (unpaired) electrons. The maximum Gasteiger partial charge on any atom is 0.374 e. The summed E-state index contributed by atoms with van der Waals surface area (Å²) in [6, 6.07) is 2.14. The lowest BCUT2D eigenvalue weighted by Gasteiger charge is -2.10. The van der Waals surface area contributed by atoms with Crippen molar-refractivity contribution in [1.82, 2.24) is 14.5 Å². The first-order valence-electron chi connectivity index (χ1n) is 6.36. The maximum absolute atomic E-state index is 9.53. The normalized spacial score (nSPS) is 12.0. The van der Waals surface area contributed by atoms with Crippen molar-refractivity contribution in [2.24, 2.45) is 7.05 Å². The van der Waals surface area contributed by atoms with Gasteiger partial charge in [0, 0.05) is 17.6 Å². The Morgan fingerprint density at radius 3 is 2.33 bits per heavy atom. The van der Waals surface area contributed by atoms with Crippen LogP contribution in [0.3, 0.4) is 0 Å². The van der Waals surface area contributed by atoms with Crippen molar-refractivity contribution in [2.75, 3.05) is 0 Å². The lowest BCUT2D eigenvalue weighted by molar-refractivity contribution is 0.559. The summed E-state index contributed by atoms with van der Waals surface area (Å²) in [5.74, 6) is 0.763. The van der Waals surface area contributed by atoms with Crippen molar-refractivity contribution in [3.63, 3.8) is 0 Å². The van der Waals surface area contributed by atoms with Gasteiger partial charge in [-0.1, -0.05) is 0 Å². The van der Waals surface area contributed by atoms with Crippen molar-refractivity contribution < 1.29 is 4.65 Å². The van der Waals surface area contributed by atoms with Crippen molar-refractivity contribution in [3.8, 4) is 6.07 Å². The van der Waals surface area contributed by atoms with Crippen LogP contribution in [0, 0.1) is 39.0 Å². The molecule has 0 saturated carbocycles. The summed E-state index contributed by atoms with van der Waals surface area (Å²) in [5.41, 5.74) is 2.75. The van der Waals surface area contributed by atoms with Crippen molar-refractivity contribution in [2.45, 2.75) is 27.7 Å². The molecule has 0 spiro atoms. The second kappa shape index (κ2) is 5.74. The number of hydrogen-bond donors (Lipinski definition) is 0. The molecule has 0 N–H and O–H groups in total. The van der Waals surface area contributed by atoms with Crippen molar-refractivity contribution in [3.05, 3.63) is 32.8 Å². The van der Waals surface area contributed by atoms with Gasteiger partial charge in [0.05, 0.1) is 16.4 Å². The smallest absolute Gasteiger partial charge is 0.374 e. The summed E-state index contributed by atoms with van der Waals surface area (Å²) in [5, 5.41) is 10.4. The lowest BCUT2D eigenvalue weighted by Crippen LogP contribution is -2.04. The second-order valence-electron chi connectivity index (χ2n) is 4.74. The molecule has 0 amide bonds. The van der Waals surface area contributed by atoms with E-state index in [1.165, 1.54) is 11.3 Å². The molecule has 2 aromatic rings. The molecule has 2 rings (SSSR count). The standard InChI is InChI=1S/C14H15BN4OS/c1-7-8(2)19(5)14(17-7)13(20-15)11(6-16)12-9(3)21-10(4)18-12/h1-5H3. The van der Waals surface area contributed by atoms with Crippen LogP contribution < -0.4 is 0 Å². The van der Waals surface area contributed by atoms with Gasteiger partial charge in [0.15, 0.2) is 11.6 Å². The van der Waals surface area contributed by atoms with Gasteiger partial charge >= 0.3 is 8.05 Å². The molecule has 0 atom stereocenters. The zero-order chi connectivity index (χ0) is 15.7. The number of aromatic nitrogens is 3. The van der Waals surface area contributed by atoms with Crippen LogP contribution in [0.2, 0.25) is 0 Å². The highest BCUT2D eigenvalue weighted by Crippen LogP contribution is 2.30. The van der Waals surface area contributed by atoms with E-state index >= 15 is 0 Å². The molecule has 5 nitrogen and oxygen atoms in total. The van der Waals surface area contributed by atoms with Gasteiger partial charge in [-0.3, -0.25) is 0 Å². The molecule has 0 saturated heterocycles. The summed E-state index contributed by atoms with van der Waals surface area (Å²) in [6.45, 7) is 7.66. The largest absolute Gasteiger partial charge is 0.564 e. The predicted molar refractivity (Wildman–Crippen MR) is 83.5 cm³/mol. The molecule has 0 aliphatic carbocycles. The fourth-order valence-corrected chi connectivity index (χ4v) is 2.94. The minimum absolute atomic E-state index is 0.240. The van der Waals surface area contributed by atoms with Crippen LogP contribution in [0.4, 0.5) is 0 Å². The van der Waals surface area contributed by atoms with E-state index in [1.54, 1.807) is 0 Å². The number of imidazole rings is 1. The highest BCUT2D eigenvalue weighted by Gasteiger charge is 2.21. The van der Waals surface area contributed by atoms with Gasteiger partial charge in [-0.15, -0.1) is 11.3 Å². The average molecular weight is 298 g/mol. The third-order valence-corrected chi connectivity index (χ3v) is 4.30. The Hall–Kier alpha value is -2.07. The van der Waals surface area contributed by atoms with Crippen LogP contribution in [-0.2, 0) is 11.7 Å². The Morgan fingerprint density at radius 2 is 1.95 bits per heavy atom. The van der Waals surface area contributed by atoms with E-state index in [0.29, 0.717) is 17.1 Å². The Balaban J connectivity index is 2.73. The first-order valence-corrected chi connectivity index (χ1v) is 7.18. The molecular weight excluding hydrogens is 283 g/mol. The van der Waals surface area contributed by atoms with Gasteiger partial charge in [-0.05, 0) is 27.7 Å². The fraction of sp³-hybridized carbons (Fsp3) is 0.357. The first kappa shape index (κ1) is 15.3. The van der Waals surface area contributed by atoms with E-state index in [1.807, 2.05) is 39.3 Å². The van der Waals surface area contributed by atoms with Gasteiger partial charge < -0.3 is 9.22 Å². The van der Waals surface area contributed by atoms with Crippen LogP contribution in [0.15, 0.2) is 0 Å². The number of allylic oxidation sites excluding steroid dienone is 1. The van der Waals surface area contributed by atoms with E-state index in [4.69, 9.17) is 12.7 Å². The molecule has 106 valence electrons. The van der Waals surface area contributed by atoms with Crippen LogP contribution >= 0.6 is 11.3 Å². The number of nitrogens with zero attached hydrogens (tertiary/aromatic N) is 4. The first-order chi connectivity index (χ1) is 9.90. The Bertz CT molecular complexity index is 767. The van der Waals surface area contributed by atoms with Gasteiger partial charge in [0.25, 0.3) is 0 Å². The molecule has 0 fully saturated rings. The zero-order valence-electron chi connectivity index (χ0n) is 12.7. The molecule has 0 unspecified atom stereocenters. The summed E-state index contributed by atoms with van der Waals surface area (Å²) < 4.78 is 6.85. The molecule has 0 aliphatic heterocycles. The molecule has 2 heterocycles. The van der Waals surface area contributed by atoms with Crippen LogP contribution in [0.25, 0.3) is 11.3 Å². The molecule has 0 bridgehead atoms. The summed E-state index contributed by atoms with van der Waals surface area (Å²) >= 11 is 1.53. The van der Waals surface area contributed by atoms with Gasteiger partial charge in [-0.2, -0.15) is 5.26 Å². The van der Waals surface area contributed by atoms with Crippen molar-refractivity contribution in [1.29, 1.82) is 5.26 Å². The second-order valence-corrected chi connectivity index (χ2v) is 6.14. The zero-order valence-corrected chi connectivity index (χ0v) is 13.5. The van der Waals surface area contributed by atoms with Gasteiger partial charge in [0.1, 0.15) is 11.6 Å². The van der Waals surface area contributed by atoms with E-state index < -0.39 is 0 Å². The summed E-state index contributed by atoms with van der Waals surface area (Å²) in [6.07, 6.45) is 0. The van der Waals surface area contributed by atoms with E-state index in [0.717, 1.165) is 21.3 Å². The highest BCUT2D eigenvalue weighted by molar-refractivity contribution is 7.11. The van der Waals surface area contributed by atoms with Crippen LogP contribution in [0.5, 0.6) is 0 Å². The minimum atomic E-state index is 0.240. The SMILES string of the molecule is [B]OC(=C(C#N)c1nc(C)sc1C)c1nc(C)c(C)n1C. The number of nitriles is 1. The topological polar surface area (TPSA) is 63.7 Å². The van der Waals surface area contributed by atoms with Gasteiger partial charge in [0.2, 0.25) is 0 Å². The maximum atomic E-state index is 9.53. The van der Waals surface area contributed by atoms with E-state index in [-0.39, 0.29) is 5.76 Å². The van der Waals surface area contributed by atoms with E-state index in [9.17, 15) is 5.26 Å². The molecule has 7 heteroatoms. The fourth-order valence-electron chi connectivity index (χ4n) is 2.11. The number of rotatable bonds is 3. The third kappa shape index (κ3) is 2.59. The number of thiazole rings is 1. The van der Waals surface area contributed by atoms with Crippen LogP contribution in [-0.4, -0.2) is 22.6 Å². The molecule has 2 aromatic heterocycles. The molecule has 21 heavy (non-hydrogen) atoms. The average Bonchev–Trinajstić information content (AvgIpc) is 2.90. The monoisotopic (exact) mass is 298 g/mol. The van der Waals surface area contributed by atoms with Crippen LogP contribution in [0.1, 0.15) is 32.8 Å². The summed E-state index contributed by atoms with van der Waals surface area (Å²) in [7, 11) is 7.28. The Labute approximate surface area is 129 Å².